The Morgan fingerprint density at radius 2 is 1.94 bits per heavy atom. The van der Waals surface area contributed by atoms with Crippen LogP contribution in [0.1, 0.15) is 39.5 Å². The lowest BCUT2D eigenvalue weighted by molar-refractivity contribution is 0.281. The summed E-state index contributed by atoms with van der Waals surface area (Å²) >= 11 is 1.78. The normalized spacial score (nSPS) is 14.7. The molecular formula is C13H26N4S. The molecular weight excluding hydrogens is 244 g/mol. The van der Waals surface area contributed by atoms with Crippen LogP contribution in [0.15, 0.2) is 10.2 Å². The topological polar surface area (TPSA) is 40.0 Å². The maximum Gasteiger partial charge on any atom is 0.183 e. The van der Waals surface area contributed by atoms with Gasteiger partial charge in [0.15, 0.2) is 5.17 Å². The first-order valence-corrected chi connectivity index (χ1v) is 8.03. The van der Waals surface area contributed by atoms with Crippen molar-refractivity contribution in [3.8, 4) is 0 Å². The van der Waals surface area contributed by atoms with Crippen LogP contribution in [-0.4, -0.2) is 48.2 Å². The minimum Gasteiger partial charge on any atom is -0.358 e. The second kappa shape index (κ2) is 10.4. The summed E-state index contributed by atoms with van der Waals surface area (Å²) in [5.41, 5.74) is 0. The van der Waals surface area contributed by atoms with Crippen molar-refractivity contribution < 1.29 is 0 Å². The molecule has 0 spiro atoms. The van der Waals surface area contributed by atoms with Gasteiger partial charge < -0.3 is 10.2 Å². The number of hydrogen-bond donors (Lipinski definition) is 1. The fourth-order valence-electron chi connectivity index (χ4n) is 1.75. The number of amidine groups is 1. The van der Waals surface area contributed by atoms with E-state index in [0.29, 0.717) is 0 Å². The van der Waals surface area contributed by atoms with Gasteiger partial charge in [-0.25, -0.2) is 0 Å². The van der Waals surface area contributed by atoms with Gasteiger partial charge in [0.05, 0.1) is 6.54 Å². The SMILES string of the molecule is CCCCN(CCCC)CCSC1=NN=CCN1. The zero-order valence-corrected chi connectivity index (χ0v) is 12.5. The maximum atomic E-state index is 4.07. The van der Waals surface area contributed by atoms with E-state index >= 15 is 0 Å². The van der Waals surface area contributed by atoms with Gasteiger partial charge in [0.25, 0.3) is 0 Å². The number of rotatable bonds is 9. The summed E-state index contributed by atoms with van der Waals surface area (Å²) < 4.78 is 0. The van der Waals surface area contributed by atoms with E-state index in [-0.39, 0.29) is 0 Å². The monoisotopic (exact) mass is 270 g/mol. The first-order chi connectivity index (χ1) is 8.86. The lowest BCUT2D eigenvalue weighted by Gasteiger charge is -2.21. The van der Waals surface area contributed by atoms with Gasteiger partial charge in [0, 0.05) is 18.5 Å². The zero-order valence-electron chi connectivity index (χ0n) is 11.7. The number of thioether (sulfide) groups is 1. The Hall–Kier alpha value is -0.550. The second-order valence-electron chi connectivity index (χ2n) is 4.48. The van der Waals surface area contributed by atoms with Crippen LogP contribution in [0.4, 0.5) is 0 Å². The molecule has 0 aromatic rings. The summed E-state index contributed by atoms with van der Waals surface area (Å²) in [7, 11) is 0. The number of hydrogen-bond acceptors (Lipinski definition) is 5. The van der Waals surface area contributed by atoms with Crippen LogP contribution in [0.2, 0.25) is 0 Å². The van der Waals surface area contributed by atoms with Crippen LogP contribution in [-0.2, 0) is 0 Å². The molecule has 18 heavy (non-hydrogen) atoms. The van der Waals surface area contributed by atoms with Crippen molar-refractivity contribution in [2.75, 3.05) is 31.9 Å². The van der Waals surface area contributed by atoms with E-state index in [1.165, 1.54) is 38.8 Å². The van der Waals surface area contributed by atoms with E-state index in [9.17, 15) is 0 Å². The molecule has 0 saturated carbocycles. The summed E-state index contributed by atoms with van der Waals surface area (Å²) in [5.74, 6) is 1.09. The van der Waals surface area contributed by atoms with Gasteiger partial charge in [0.1, 0.15) is 0 Å². The summed E-state index contributed by atoms with van der Waals surface area (Å²) in [6.07, 6.45) is 6.95. The van der Waals surface area contributed by atoms with E-state index in [2.05, 4.69) is 34.3 Å². The predicted molar refractivity (Wildman–Crippen MR) is 82.6 cm³/mol. The average Bonchev–Trinajstić information content (AvgIpc) is 2.42. The zero-order chi connectivity index (χ0) is 13.1. The molecule has 104 valence electrons. The summed E-state index contributed by atoms with van der Waals surface area (Å²) in [5, 5.41) is 12.2. The van der Waals surface area contributed by atoms with Gasteiger partial charge in [-0.2, -0.15) is 5.10 Å². The highest BCUT2D eigenvalue weighted by Gasteiger charge is 2.06. The fraction of sp³-hybridized carbons (Fsp3) is 0.846. The number of unbranched alkanes of at least 4 members (excludes halogenated alkanes) is 2. The Bertz CT molecular complexity index is 258. The van der Waals surface area contributed by atoms with Crippen molar-refractivity contribution in [1.29, 1.82) is 0 Å². The molecule has 0 amide bonds. The van der Waals surface area contributed by atoms with Gasteiger partial charge in [-0.05, 0) is 25.9 Å². The van der Waals surface area contributed by atoms with Crippen LogP contribution in [0.25, 0.3) is 0 Å². The van der Waals surface area contributed by atoms with Gasteiger partial charge >= 0.3 is 0 Å². The molecule has 1 aliphatic rings. The molecule has 0 atom stereocenters. The molecule has 0 unspecified atom stereocenters. The van der Waals surface area contributed by atoms with Gasteiger partial charge in [-0.1, -0.05) is 38.5 Å². The Labute approximate surface area is 115 Å². The highest BCUT2D eigenvalue weighted by molar-refractivity contribution is 8.13. The third-order valence-electron chi connectivity index (χ3n) is 2.88. The molecule has 0 aromatic carbocycles. The highest BCUT2D eigenvalue weighted by atomic mass is 32.2. The first-order valence-electron chi connectivity index (χ1n) is 7.05. The van der Waals surface area contributed by atoms with E-state index < -0.39 is 0 Å². The maximum absolute atomic E-state index is 4.07. The Morgan fingerprint density at radius 1 is 1.22 bits per heavy atom. The molecule has 0 bridgehead atoms. The Kier molecular flexibility index (Phi) is 8.94. The van der Waals surface area contributed by atoms with E-state index in [4.69, 9.17) is 0 Å². The standard InChI is InChI=1S/C13H26N4S/c1-3-5-9-17(10-6-4-2)11-12-18-13-14-7-8-15-16-13/h8H,3-7,9-12H2,1-2H3,(H,14,16). The average molecular weight is 270 g/mol. The fourth-order valence-corrected chi connectivity index (χ4v) is 2.59. The summed E-state index contributed by atoms with van der Waals surface area (Å²) in [4.78, 5) is 2.58. The molecule has 0 aromatic heterocycles. The summed E-state index contributed by atoms with van der Waals surface area (Å²) in [6.45, 7) is 8.93. The number of nitrogens with one attached hydrogen (secondary N) is 1. The van der Waals surface area contributed by atoms with Crippen molar-refractivity contribution in [2.24, 2.45) is 10.2 Å². The van der Waals surface area contributed by atoms with Crippen LogP contribution in [0.5, 0.6) is 0 Å². The molecule has 0 saturated heterocycles. The second-order valence-corrected chi connectivity index (χ2v) is 5.56. The first kappa shape index (κ1) is 15.5. The van der Waals surface area contributed by atoms with Crippen LogP contribution in [0, 0.1) is 0 Å². The lowest BCUT2D eigenvalue weighted by Crippen LogP contribution is -2.30. The van der Waals surface area contributed by atoms with Crippen molar-refractivity contribution in [3.63, 3.8) is 0 Å². The molecule has 1 rings (SSSR count). The molecule has 5 heteroatoms. The Morgan fingerprint density at radius 3 is 2.50 bits per heavy atom. The van der Waals surface area contributed by atoms with Crippen LogP contribution in [0.3, 0.4) is 0 Å². The van der Waals surface area contributed by atoms with Crippen molar-refractivity contribution in [1.82, 2.24) is 10.2 Å². The van der Waals surface area contributed by atoms with Crippen molar-refractivity contribution in [3.05, 3.63) is 0 Å². The van der Waals surface area contributed by atoms with Crippen LogP contribution >= 0.6 is 11.8 Å². The third-order valence-corrected chi connectivity index (χ3v) is 3.76. The quantitative estimate of drug-likeness (QED) is 0.700. The molecule has 1 N–H and O–H groups in total. The molecule has 1 aliphatic heterocycles. The largest absolute Gasteiger partial charge is 0.358 e. The molecule has 1 heterocycles. The van der Waals surface area contributed by atoms with Gasteiger partial charge in [-0.3, -0.25) is 0 Å². The van der Waals surface area contributed by atoms with E-state index in [0.717, 1.165) is 24.0 Å². The minimum absolute atomic E-state index is 0.807. The molecule has 4 nitrogen and oxygen atoms in total. The molecule has 0 radical (unpaired) electrons. The third kappa shape index (κ3) is 7.01. The highest BCUT2D eigenvalue weighted by Crippen LogP contribution is 2.06. The van der Waals surface area contributed by atoms with Crippen molar-refractivity contribution >= 4 is 23.1 Å². The van der Waals surface area contributed by atoms with Gasteiger partial charge in [-0.15, -0.1) is 5.10 Å². The van der Waals surface area contributed by atoms with Gasteiger partial charge in [0.2, 0.25) is 0 Å². The van der Waals surface area contributed by atoms with Crippen molar-refractivity contribution in [2.45, 2.75) is 39.5 Å². The molecule has 0 fully saturated rings. The van der Waals surface area contributed by atoms with E-state index in [1.54, 1.807) is 18.0 Å². The minimum atomic E-state index is 0.807. The van der Waals surface area contributed by atoms with E-state index in [1.807, 2.05) is 0 Å². The van der Waals surface area contributed by atoms with Crippen LogP contribution < -0.4 is 5.32 Å². The lowest BCUT2D eigenvalue weighted by atomic mass is 10.2. The number of nitrogens with zero attached hydrogens (tertiary/aromatic N) is 3. The summed E-state index contributed by atoms with van der Waals surface area (Å²) in [6, 6.07) is 0. The smallest absolute Gasteiger partial charge is 0.183 e. The predicted octanol–water partition coefficient (Wildman–Crippen LogP) is 2.57. The molecule has 0 aliphatic carbocycles. The Balaban J connectivity index is 2.18.